The zero-order valence-corrected chi connectivity index (χ0v) is 11.7. The van der Waals surface area contributed by atoms with Crippen molar-refractivity contribution >= 4 is 29.3 Å². The third-order valence-corrected chi connectivity index (χ3v) is 3.99. The second-order valence-corrected chi connectivity index (χ2v) is 5.50. The maximum atomic E-state index is 11.1. The van der Waals surface area contributed by atoms with Gasteiger partial charge in [0.2, 0.25) is 0 Å². The molecule has 0 atom stereocenters. The summed E-state index contributed by atoms with van der Waals surface area (Å²) in [6, 6.07) is 14.8. The van der Waals surface area contributed by atoms with Crippen LogP contribution < -0.4 is 0 Å². The van der Waals surface area contributed by atoms with E-state index in [9.17, 15) is 4.79 Å². The fourth-order valence-corrected chi connectivity index (χ4v) is 2.84. The third-order valence-electron chi connectivity index (χ3n) is 2.69. The molecule has 0 spiro atoms. The Bertz CT molecular complexity index is 567. The standard InChI is InChI=1S/C15H13ClO2S/c16-13-7-5-11(6-8-13)9-19-10-12-3-1-2-4-14(12)15(17)18/h1-8H,9-10H2,(H,17,18). The van der Waals surface area contributed by atoms with Crippen LogP contribution in [-0.4, -0.2) is 11.1 Å². The van der Waals surface area contributed by atoms with Gasteiger partial charge in [0.15, 0.2) is 0 Å². The van der Waals surface area contributed by atoms with Crippen LogP contribution in [0.4, 0.5) is 0 Å². The number of carboxylic acids is 1. The first kappa shape index (κ1) is 14.0. The molecule has 1 N–H and O–H groups in total. The van der Waals surface area contributed by atoms with E-state index in [0.717, 1.165) is 16.3 Å². The number of rotatable bonds is 5. The van der Waals surface area contributed by atoms with Gasteiger partial charge in [-0.05, 0) is 29.3 Å². The van der Waals surface area contributed by atoms with Crippen molar-refractivity contribution in [2.75, 3.05) is 0 Å². The molecule has 0 fully saturated rings. The zero-order valence-electron chi connectivity index (χ0n) is 10.2. The summed E-state index contributed by atoms with van der Waals surface area (Å²) >= 11 is 7.52. The van der Waals surface area contributed by atoms with Crippen LogP contribution in [0, 0.1) is 0 Å². The Balaban J connectivity index is 1.96. The number of benzene rings is 2. The Morgan fingerprint density at radius 2 is 1.74 bits per heavy atom. The van der Waals surface area contributed by atoms with Gasteiger partial charge in [0, 0.05) is 16.5 Å². The molecule has 0 unspecified atom stereocenters. The van der Waals surface area contributed by atoms with Gasteiger partial charge in [0.1, 0.15) is 0 Å². The molecule has 2 rings (SSSR count). The lowest BCUT2D eigenvalue weighted by molar-refractivity contribution is 0.0696. The van der Waals surface area contributed by atoms with Crippen molar-refractivity contribution in [2.45, 2.75) is 11.5 Å². The van der Waals surface area contributed by atoms with Gasteiger partial charge in [-0.25, -0.2) is 4.79 Å². The summed E-state index contributed by atoms with van der Waals surface area (Å²) < 4.78 is 0. The van der Waals surface area contributed by atoms with Crippen molar-refractivity contribution in [1.29, 1.82) is 0 Å². The van der Waals surface area contributed by atoms with E-state index in [4.69, 9.17) is 16.7 Å². The van der Waals surface area contributed by atoms with Gasteiger partial charge in [-0.3, -0.25) is 0 Å². The number of aromatic carboxylic acids is 1. The van der Waals surface area contributed by atoms with E-state index in [2.05, 4.69) is 0 Å². The molecule has 0 aliphatic heterocycles. The van der Waals surface area contributed by atoms with Crippen molar-refractivity contribution in [3.63, 3.8) is 0 Å². The van der Waals surface area contributed by atoms with Crippen LogP contribution in [-0.2, 0) is 11.5 Å². The van der Waals surface area contributed by atoms with Crippen LogP contribution in [0.5, 0.6) is 0 Å². The molecule has 2 aromatic carbocycles. The minimum absolute atomic E-state index is 0.381. The normalized spacial score (nSPS) is 10.4. The molecule has 98 valence electrons. The molecule has 0 heterocycles. The van der Waals surface area contributed by atoms with Crippen LogP contribution in [0.3, 0.4) is 0 Å². The molecule has 0 amide bonds. The lowest BCUT2D eigenvalue weighted by atomic mass is 10.1. The smallest absolute Gasteiger partial charge is 0.335 e. The number of carbonyl (C=O) groups is 1. The second kappa shape index (κ2) is 6.64. The Morgan fingerprint density at radius 1 is 1.05 bits per heavy atom. The Labute approximate surface area is 121 Å². The zero-order chi connectivity index (χ0) is 13.7. The molecule has 0 aliphatic carbocycles. The average molecular weight is 293 g/mol. The molecule has 0 bridgehead atoms. The maximum absolute atomic E-state index is 11.1. The molecule has 0 aromatic heterocycles. The van der Waals surface area contributed by atoms with Gasteiger partial charge in [-0.15, -0.1) is 0 Å². The van der Waals surface area contributed by atoms with Crippen LogP contribution in [0.25, 0.3) is 0 Å². The Hall–Kier alpha value is -1.45. The summed E-state index contributed by atoms with van der Waals surface area (Å²) in [5, 5.41) is 9.82. The maximum Gasteiger partial charge on any atom is 0.335 e. The minimum Gasteiger partial charge on any atom is -0.478 e. The largest absolute Gasteiger partial charge is 0.478 e. The van der Waals surface area contributed by atoms with Crippen molar-refractivity contribution in [3.05, 3.63) is 70.2 Å². The van der Waals surface area contributed by atoms with E-state index in [1.54, 1.807) is 23.9 Å². The third kappa shape index (κ3) is 4.01. The number of hydrogen-bond donors (Lipinski definition) is 1. The monoisotopic (exact) mass is 292 g/mol. The van der Waals surface area contributed by atoms with Crippen LogP contribution in [0.2, 0.25) is 5.02 Å². The van der Waals surface area contributed by atoms with Gasteiger partial charge < -0.3 is 5.11 Å². The van der Waals surface area contributed by atoms with E-state index < -0.39 is 5.97 Å². The van der Waals surface area contributed by atoms with Crippen molar-refractivity contribution < 1.29 is 9.90 Å². The van der Waals surface area contributed by atoms with E-state index in [0.29, 0.717) is 11.3 Å². The molecule has 19 heavy (non-hydrogen) atoms. The van der Waals surface area contributed by atoms with Crippen LogP contribution in [0.15, 0.2) is 48.5 Å². The molecule has 0 saturated carbocycles. The summed E-state index contributed by atoms with van der Waals surface area (Å²) in [7, 11) is 0. The van der Waals surface area contributed by atoms with Crippen molar-refractivity contribution in [1.82, 2.24) is 0 Å². The van der Waals surface area contributed by atoms with Crippen LogP contribution in [0.1, 0.15) is 21.5 Å². The van der Waals surface area contributed by atoms with E-state index in [-0.39, 0.29) is 0 Å². The number of carboxylic acid groups (broad SMARTS) is 1. The van der Waals surface area contributed by atoms with Gasteiger partial charge in [-0.2, -0.15) is 11.8 Å². The summed E-state index contributed by atoms with van der Waals surface area (Å²) in [4.78, 5) is 11.1. The molecular formula is C15H13ClO2S. The van der Waals surface area contributed by atoms with Gasteiger partial charge in [0.05, 0.1) is 5.56 Å². The lowest BCUT2D eigenvalue weighted by Gasteiger charge is -2.06. The van der Waals surface area contributed by atoms with Crippen molar-refractivity contribution in [3.8, 4) is 0 Å². The minimum atomic E-state index is -0.873. The molecule has 0 radical (unpaired) electrons. The molecular weight excluding hydrogens is 280 g/mol. The molecule has 4 heteroatoms. The van der Waals surface area contributed by atoms with Gasteiger partial charge >= 0.3 is 5.97 Å². The van der Waals surface area contributed by atoms with E-state index in [1.807, 2.05) is 36.4 Å². The molecule has 2 aromatic rings. The average Bonchev–Trinajstić information content (AvgIpc) is 2.41. The lowest BCUT2D eigenvalue weighted by Crippen LogP contribution is -2.01. The second-order valence-electron chi connectivity index (χ2n) is 4.08. The highest BCUT2D eigenvalue weighted by Gasteiger charge is 2.08. The van der Waals surface area contributed by atoms with Crippen LogP contribution >= 0.6 is 23.4 Å². The predicted molar refractivity (Wildman–Crippen MR) is 79.9 cm³/mol. The molecule has 0 aliphatic rings. The first-order valence-electron chi connectivity index (χ1n) is 5.80. The summed E-state index contributed by atoms with van der Waals surface area (Å²) in [6.07, 6.45) is 0. The summed E-state index contributed by atoms with van der Waals surface area (Å²) in [5.74, 6) is 0.652. The van der Waals surface area contributed by atoms with Crippen molar-refractivity contribution in [2.24, 2.45) is 0 Å². The van der Waals surface area contributed by atoms with Gasteiger partial charge in [0.25, 0.3) is 0 Å². The van der Waals surface area contributed by atoms with E-state index in [1.165, 1.54) is 5.56 Å². The highest BCUT2D eigenvalue weighted by molar-refractivity contribution is 7.97. The highest BCUT2D eigenvalue weighted by atomic mass is 35.5. The molecule has 0 saturated heterocycles. The van der Waals surface area contributed by atoms with E-state index >= 15 is 0 Å². The Kier molecular flexibility index (Phi) is 4.88. The fraction of sp³-hybridized carbons (Fsp3) is 0.133. The number of halogens is 1. The topological polar surface area (TPSA) is 37.3 Å². The quantitative estimate of drug-likeness (QED) is 0.883. The first-order valence-corrected chi connectivity index (χ1v) is 7.33. The summed E-state index contributed by atoms with van der Waals surface area (Å²) in [5.41, 5.74) is 2.42. The molecule has 2 nitrogen and oxygen atoms in total. The summed E-state index contributed by atoms with van der Waals surface area (Å²) in [6.45, 7) is 0. The highest BCUT2D eigenvalue weighted by Crippen LogP contribution is 2.21. The van der Waals surface area contributed by atoms with Gasteiger partial charge in [-0.1, -0.05) is 41.9 Å². The fourth-order valence-electron chi connectivity index (χ4n) is 1.71. The number of hydrogen-bond acceptors (Lipinski definition) is 2. The number of thioether (sulfide) groups is 1. The SMILES string of the molecule is O=C(O)c1ccccc1CSCc1ccc(Cl)cc1. The first-order chi connectivity index (χ1) is 9.16. The predicted octanol–water partition coefficient (Wildman–Crippen LogP) is 4.47. The Morgan fingerprint density at radius 3 is 2.42 bits per heavy atom.